The maximum Gasteiger partial charge on any atom is 0.343 e. The molecule has 3 aromatic rings. The Balaban J connectivity index is 1.48. The molecule has 0 aliphatic carbocycles. The van der Waals surface area contributed by atoms with Gasteiger partial charge in [-0.15, -0.1) is 0 Å². The number of rotatable bonds is 16. The van der Waals surface area contributed by atoms with Crippen LogP contribution in [-0.2, 0) is 19.1 Å². The normalized spacial score (nSPS) is 10.3. The third-order valence-corrected chi connectivity index (χ3v) is 5.85. The zero-order valence-electron chi connectivity index (χ0n) is 25.3. The van der Waals surface area contributed by atoms with Crippen molar-refractivity contribution in [1.29, 1.82) is 0 Å². The first-order valence-electron chi connectivity index (χ1n) is 14.0. The lowest BCUT2D eigenvalue weighted by atomic mass is 10.2. The smallest absolute Gasteiger partial charge is 0.343 e. The Morgan fingerprint density at radius 3 is 1.26 bits per heavy atom. The van der Waals surface area contributed by atoms with Gasteiger partial charge in [-0.1, -0.05) is 13.2 Å². The third kappa shape index (κ3) is 10.9. The van der Waals surface area contributed by atoms with E-state index < -0.39 is 47.0 Å². The Labute approximate surface area is 264 Å². The first-order valence-corrected chi connectivity index (χ1v) is 14.0. The van der Waals surface area contributed by atoms with Crippen LogP contribution in [0.15, 0.2) is 85.0 Å². The molecule has 242 valence electrons. The van der Waals surface area contributed by atoms with Crippen LogP contribution in [0.2, 0.25) is 0 Å². The maximum atomic E-state index is 14.7. The van der Waals surface area contributed by atoms with Gasteiger partial charge in [-0.25, -0.2) is 28.0 Å². The van der Waals surface area contributed by atoms with Crippen LogP contribution in [0.25, 0.3) is 0 Å². The Kier molecular flexibility index (Phi) is 13.0. The van der Waals surface area contributed by atoms with Crippen molar-refractivity contribution >= 4 is 23.9 Å². The monoisotopic (exact) mass is 638 g/mol. The summed E-state index contributed by atoms with van der Waals surface area (Å²) >= 11 is 0. The third-order valence-electron chi connectivity index (χ3n) is 5.85. The van der Waals surface area contributed by atoms with Gasteiger partial charge < -0.3 is 28.4 Å². The number of hydrogen-bond acceptors (Lipinski definition) is 10. The number of carbonyl (C=O) groups excluding carboxylic acids is 4. The molecule has 0 spiro atoms. The quantitative estimate of drug-likeness (QED) is 0.0778. The highest BCUT2D eigenvalue weighted by molar-refractivity contribution is 5.92. The average Bonchev–Trinajstić information content (AvgIpc) is 3.03. The van der Waals surface area contributed by atoms with Gasteiger partial charge >= 0.3 is 23.9 Å². The lowest BCUT2D eigenvalue weighted by Gasteiger charge is -2.11. The van der Waals surface area contributed by atoms with Gasteiger partial charge in [-0.2, -0.15) is 0 Å². The molecular formula is C34H32F2O10. The van der Waals surface area contributed by atoms with E-state index in [0.717, 1.165) is 0 Å². The van der Waals surface area contributed by atoms with Crippen LogP contribution in [0.1, 0.15) is 47.4 Å². The van der Waals surface area contributed by atoms with Gasteiger partial charge in [0.2, 0.25) is 0 Å². The highest BCUT2D eigenvalue weighted by Crippen LogP contribution is 2.28. The summed E-state index contributed by atoms with van der Waals surface area (Å²) in [5.41, 5.74) is 0.671. The lowest BCUT2D eigenvalue weighted by Crippen LogP contribution is -2.12. The SMILES string of the molecule is C=C(C)C(=O)OCCCOc1ccc(C(=O)Oc2cc(F)c(OC(=O)c3ccc(OCCCOC(=O)C(=C)C)cc3)cc2F)cc1. The van der Waals surface area contributed by atoms with Gasteiger partial charge in [-0.3, -0.25) is 0 Å². The second-order valence-corrected chi connectivity index (χ2v) is 9.78. The molecule has 46 heavy (non-hydrogen) atoms. The van der Waals surface area contributed by atoms with Crippen LogP contribution in [0.3, 0.4) is 0 Å². The maximum absolute atomic E-state index is 14.7. The second kappa shape index (κ2) is 17.1. The number of hydrogen-bond donors (Lipinski definition) is 0. The standard InChI is InChI=1S/C34H32F2O10/c1-21(2)31(37)43-17-5-15-41-25-11-7-23(8-12-25)33(39)45-29-19-28(36)30(20-27(29)35)46-34(40)24-9-13-26(14-10-24)42-16-6-18-44-32(38)22(3)4/h7-14,19-20H,1,3,5-6,15-18H2,2,4H3. The largest absolute Gasteiger partial charge is 0.493 e. The van der Waals surface area contributed by atoms with E-state index in [-0.39, 0.29) is 37.6 Å². The summed E-state index contributed by atoms with van der Waals surface area (Å²) in [5, 5.41) is 0. The molecule has 0 bridgehead atoms. The van der Waals surface area contributed by atoms with Crippen molar-refractivity contribution < 1.29 is 56.4 Å². The van der Waals surface area contributed by atoms with E-state index in [1.165, 1.54) is 48.5 Å². The van der Waals surface area contributed by atoms with E-state index in [0.29, 0.717) is 47.6 Å². The molecule has 3 rings (SSSR count). The predicted octanol–water partition coefficient (Wildman–Crippen LogP) is 6.18. The molecule has 0 amide bonds. The topological polar surface area (TPSA) is 124 Å². The molecule has 0 N–H and O–H groups in total. The molecule has 0 aromatic heterocycles. The van der Waals surface area contributed by atoms with Crippen molar-refractivity contribution in [3.8, 4) is 23.0 Å². The van der Waals surface area contributed by atoms with Crippen LogP contribution in [0, 0.1) is 11.6 Å². The number of esters is 4. The molecule has 0 aliphatic rings. The fourth-order valence-electron chi connectivity index (χ4n) is 3.43. The summed E-state index contributed by atoms with van der Waals surface area (Å²) in [4.78, 5) is 47.7. The zero-order valence-corrected chi connectivity index (χ0v) is 25.3. The molecule has 0 saturated heterocycles. The summed E-state index contributed by atoms with van der Waals surface area (Å²) in [5.74, 6) is -5.74. The van der Waals surface area contributed by atoms with Crippen LogP contribution < -0.4 is 18.9 Å². The van der Waals surface area contributed by atoms with Crippen molar-refractivity contribution in [2.75, 3.05) is 26.4 Å². The molecule has 0 radical (unpaired) electrons. The molecule has 12 heteroatoms. The summed E-state index contributed by atoms with van der Waals surface area (Å²) in [6.45, 7) is 10.9. The van der Waals surface area contributed by atoms with Gasteiger partial charge in [0.1, 0.15) is 11.5 Å². The Morgan fingerprint density at radius 2 is 0.935 bits per heavy atom. The fourth-order valence-corrected chi connectivity index (χ4v) is 3.43. The minimum atomic E-state index is -1.14. The van der Waals surface area contributed by atoms with Crippen LogP contribution in [-0.4, -0.2) is 50.3 Å². The number of benzene rings is 3. The Bertz CT molecular complexity index is 1460. The minimum absolute atomic E-state index is 0.0386. The second-order valence-electron chi connectivity index (χ2n) is 9.78. The summed E-state index contributed by atoms with van der Waals surface area (Å²) < 4.78 is 60.3. The number of ether oxygens (including phenoxy) is 6. The molecule has 10 nitrogen and oxygen atoms in total. The number of halogens is 2. The number of carbonyl (C=O) groups is 4. The van der Waals surface area contributed by atoms with Crippen molar-refractivity contribution in [3.05, 3.63) is 108 Å². The molecule has 0 heterocycles. The van der Waals surface area contributed by atoms with Gasteiger partial charge in [0.25, 0.3) is 0 Å². The molecule has 0 unspecified atom stereocenters. The van der Waals surface area contributed by atoms with Crippen molar-refractivity contribution in [2.45, 2.75) is 26.7 Å². The van der Waals surface area contributed by atoms with Gasteiger partial charge in [0.05, 0.1) is 37.6 Å². The minimum Gasteiger partial charge on any atom is -0.493 e. The van der Waals surface area contributed by atoms with Crippen molar-refractivity contribution in [2.24, 2.45) is 0 Å². The van der Waals surface area contributed by atoms with Gasteiger partial charge in [0, 0.05) is 36.1 Å². The Morgan fingerprint density at radius 1 is 0.587 bits per heavy atom. The van der Waals surface area contributed by atoms with Crippen molar-refractivity contribution in [3.63, 3.8) is 0 Å². The fraction of sp³-hybridized carbons (Fsp3) is 0.235. The summed E-state index contributed by atoms with van der Waals surface area (Å²) in [6.07, 6.45) is 0.860. The van der Waals surface area contributed by atoms with Crippen LogP contribution >= 0.6 is 0 Å². The van der Waals surface area contributed by atoms with Gasteiger partial charge in [0.15, 0.2) is 23.1 Å². The first kappa shape index (κ1) is 35.0. The highest BCUT2D eigenvalue weighted by atomic mass is 19.1. The van der Waals surface area contributed by atoms with Gasteiger partial charge in [-0.05, 0) is 62.4 Å². The van der Waals surface area contributed by atoms with E-state index in [1.54, 1.807) is 13.8 Å². The van der Waals surface area contributed by atoms with E-state index in [4.69, 9.17) is 28.4 Å². The first-order chi connectivity index (χ1) is 21.9. The predicted molar refractivity (Wildman–Crippen MR) is 161 cm³/mol. The Hall–Kier alpha value is -5.52. The molecule has 3 aromatic carbocycles. The van der Waals surface area contributed by atoms with Crippen molar-refractivity contribution in [1.82, 2.24) is 0 Å². The lowest BCUT2D eigenvalue weighted by molar-refractivity contribution is -0.140. The molecule has 0 aliphatic heterocycles. The molecule has 0 fully saturated rings. The molecular weight excluding hydrogens is 606 g/mol. The van der Waals surface area contributed by atoms with Crippen LogP contribution in [0.5, 0.6) is 23.0 Å². The van der Waals surface area contributed by atoms with E-state index in [1.807, 2.05) is 0 Å². The summed E-state index contributed by atoms with van der Waals surface area (Å²) in [6, 6.07) is 12.6. The summed E-state index contributed by atoms with van der Waals surface area (Å²) in [7, 11) is 0. The van der Waals surface area contributed by atoms with E-state index in [9.17, 15) is 28.0 Å². The average molecular weight is 639 g/mol. The molecule has 0 atom stereocenters. The van der Waals surface area contributed by atoms with E-state index >= 15 is 0 Å². The van der Waals surface area contributed by atoms with E-state index in [2.05, 4.69) is 13.2 Å². The molecule has 0 saturated carbocycles. The zero-order chi connectivity index (χ0) is 33.6. The highest BCUT2D eigenvalue weighted by Gasteiger charge is 2.19. The van der Waals surface area contributed by atoms with Crippen LogP contribution in [0.4, 0.5) is 8.78 Å².